The second kappa shape index (κ2) is 4.86. The van der Waals surface area contributed by atoms with Gasteiger partial charge in [-0.3, -0.25) is 4.99 Å². The Balaban J connectivity index is 2.18. The number of hydrogen-bond donors (Lipinski definition) is 1. The van der Waals surface area contributed by atoms with E-state index in [1.54, 1.807) is 13.3 Å². The van der Waals surface area contributed by atoms with Crippen LogP contribution in [0.4, 0.5) is 0 Å². The van der Waals surface area contributed by atoms with Crippen LogP contribution in [0.15, 0.2) is 36.0 Å². The van der Waals surface area contributed by atoms with Crippen LogP contribution in [0.5, 0.6) is 5.88 Å². The summed E-state index contributed by atoms with van der Waals surface area (Å²) in [5.41, 5.74) is 6.91. The Morgan fingerprint density at radius 2 is 2.47 bits per heavy atom. The van der Waals surface area contributed by atoms with E-state index in [4.69, 9.17) is 10.5 Å². The van der Waals surface area contributed by atoms with Crippen molar-refractivity contribution >= 4 is 5.96 Å². The zero-order valence-electron chi connectivity index (χ0n) is 9.84. The van der Waals surface area contributed by atoms with Gasteiger partial charge in [-0.05, 0) is 11.6 Å². The third-order valence-corrected chi connectivity index (χ3v) is 2.78. The zero-order valence-corrected chi connectivity index (χ0v) is 9.84. The maximum Gasteiger partial charge on any atom is 0.212 e. The molecule has 1 aliphatic rings. The molecule has 2 rings (SSSR count). The van der Waals surface area contributed by atoms with Gasteiger partial charge in [0.1, 0.15) is 0 Å². The van der Waals surface area contributed by atoms with Crippen molar-refractivity contribution in [2.45, 2.75) is 6.04 Å². The first kappa shape index (κ1) is 11.4. The lowest BCUT2D eigenvalue weighted by molar-refractivity contribution is 0.375. The van der Waals surface area contributed by atoms with Crippen molar-refractivity contribution in [3.8, 4) is 5.88 Å². The second-order valence-electron chi connectivity index (χ2n) is 3.79. The maximum absolute atomic E-state index is 5.83. The largest absolute Gasteiger partial charge is 0.481 e. The fraction of sp³-hybridized carbons (Fsp3) is 0.333. The molecular weight excluding hydrogens is 216 g/mol. The minimum atomic E-state index is 0.145. The van der Waals surface area contributed by atoms with E-state index in [2.05, 4.69) is 16.6 Å². The number of ether oxygens (including phenoxy) is 1. The van der Waals surface area contributed by atoms with Crippen molar-refractivity contribution in [2.75, 3.05) is 20.2 Å². The van der Waals surface area contributed by atoms with Crippen LogP contribution >= 0.6 is 0 Å². The number of methoxy groups -OCH3 is 1. The van der Waals surface area contributed by atoms with E-state index < -0.39 is 0 Å². The summed E-state index contributed by atoms with van der Waals surface area (Å²) in [5.74, 6) is 1.17. The molecule has 1 unspecified atom stereocenters. The minimum Gasteiger partial charge on any atom is -0.481 e. The quantitative estimate of drug-likeness (QED) is 0.785. The molecule has 2 heterocycles. The number of nitrogens with zero attached hydrogens (tertiary/aromatic N) is 3. The van der Waals surface area contributed by atoms with Gasteiger partial charge in [0.2, 0.25) is 5.88 Å². The van der Waals surface area contributed by atoms with E-state index >= 15 is 0 Å². The van der Waals surface area contributed by atoms with Crippen molar-refractivity contribution in [2.24, 2.45) is 10.7 Å². The van der Waals surface area contributed by atoms with Crippen LogP contribution in [0.25, 0.3) is 0 Å². The molecule has 1 aromatic rings. The van der Waals surface area contributed by atoms with Crippen LogP contribution in [-0.4, -0.2) is 36.0 Å². The number of aliphatic imine (C=N–C) groups is 1. The number of hydrogen-bond acceptors (Lipinski definition) is 5. The van der Waals surface area contributed by atoms with Gasteiger partial charge in [0.25, 0.3) is 0 Å². The molecule has 1 aliphatic heterocycles. The van der Waals surface area contributed by atoms with Gasteiger partial charge in [0.05, 0.1) is 19.7 Å². The summed E-state index contributed by atoms with van der Waals surface area (Å²) in [6, 6.07) is 3.97. The molecule has 90 valence electrons. The highest BCUT2D eigenvalue weighted by atomic mass is 16.5. The third-order valence-electron chi connectivity index (χ3n) is 2.78. The summed E-state index contributed by atoms with van der Waals surface area (Å²) < 4.78 is 5.03. The number of guanidine groups is 1. The lowest BCUT2D eigenvalue weighted by Crippen LogP contribution is -2.36. The van der Waals surface area contributed by atoms with Crippen LogP contribution in [0, 0.1) is 0 Å². The Morgan fingerprint density at radius 1 is 1.65 bits per heavy atom. The van der Waals surface area contributed by atoms with Gasteiger partial charge in [0.15, 0.2) is 5.96 Å². The molecular formula is C12H16N4O. The van der Waals surface area contributed by atoms with Crippen LogP contribution in [0.1, 0.15) is 11.6 Å². The highest BCUT2D eigenvalue weighted by Gasteiger charge is 2.26. The molecule has 0 aromatic carbocycles. The van der Waals surface area contributed by atoms with Crippen molar-refractivity contribution in [3.05, 3.63) is 36.5 Å². The smallest absolute Gasteiger partial charge is 0.212 e. The number of pyridine rings is 1. The monoisotopic (exact) mass is 232 g/mol. The predicted molar refractivity (Wildman–Crippen MR) is 66.9 cm³/mol. The van der Waals surface area contributed by atoms with Gasteiger partial charge in [0, 0.05) is 18.8 Å². The molecule has 0 bridgehead atoms. The van der Waals surface area contributed by atoms with E-state index in [1.807, 2.05) is 23.1 Å². The third kappa shape index (κ3) is 2.22. The predicted octanol–water partition coefficient (Wildman–Crippen LogP) is 0.948. The molecule has 0 aliphatic carbocycles. The average Bonchev–Trinajstić information content (AvgIpc) is 2.72. The highest BCUT2D eigenvalue weighted by Crippen LogP contribution is 2.25. The van der Waals surface area contributed by atoms with E-state index in [0.717, 1.165) is 5.56 Å². The maximum atomic E-state index is 5.83. The topological polar surface area (TPSA) is 63.7 Å². The number of aromatic nitrogens is 1. The van der Waals surface area contributed by atoms with Crippen LogP contribution in [-0.2, 0) is 0 Å². The van der Waals surface area contributed by atoms with Gasteiger partial charge in [-0.15, -0.1) is 6.58 Å². The van der Waals surface area contributed by atoms with Crippen LogP contribution in [0.3, 0.4) is 0 Å². The summed E-state index contributed by atoms with van der Waals surface area (Å²) in [7, 11) is 1.60. The summed E-state index contributed by atoms with van der Waals surface area (Å²) in [5, 5.41) is 0. The first-order valence-electron chi connectivity index (χ1n) is 5.43. The van der Waals surface area contributed by atoms with Gasteiger partial charge >= 0.3 is 0 Å². The summed E-state index contributed by atoms with van der Waals surface area (Å²) in [4.78, 5) is 10.5. The normalized spacial score (nSPS) is 19.0. The lowest BCUT2D eigenvalue weighted by Gasteiger charge is -2.24. The second-order valence-corrected chi connectivity index (χ2v) is 3.79. The fourth-order valence-electron chi connectivity index (χ4n) is 1.88. The minimum absolute atomic E-state index is 0.145. The lowest BCUT2D eigenvalue weighted by atomic mass is 10.1. The SMILES string of the molecule is C=CCN1C(N)=NCC1c1ccc(OC)nc1. The van der Waals surface area contributed by atoms with Crippen molar-refractivity contribution < 1.29 is 4.74 Å². The average molecular weight is 232 g/mol. The van der Waals surface area contributed by atoms with Gasteiger partial charge in [-0.2, -0.15) is 0 Å². The number of nitrogens with two attached hydrogens (primary N) is 1. The Kier molecular flexibility index (Phi) is 3.27. The van der Waals surface area contributed by atoms with Crippen molar-refractivity contribution in [3.63, 3.8) is 0 Å². The molecule has 5 heteroatoms. The first-order chi connectivity index (χ1) is 8.26. The molecule has 17 heavy (non-hydrogen) atoms. The Bertz CT molecular complexity index is 427. The highest BCUT2D eigenvalue weighted by molar-refractivity contribution is 5.80. The molecule has 5 nitrogen and oxygen atoms in total. The Hall–Kier alpha value is -2.04. The van der Waals surface area contributed by atoms with Crippen molar-refractivity contribution in [1.82, 2.24) is 9.88 Å². The van der Waals surface area contributed by atoms with Crippen molar-refractivity contribution in [1.29, 1.82) is 0 Å². The molecule has 0 fully saturated rings. The van der Waals surface area contributed by atoms with Gasteiger partial charge in [-0.25, -0.2) is 4.98 Å². The van der Waals surface area contributed by atoms with Crippen LogP contribution in [0.2, 0.25) is 0 Å². The molecule has 1 aromatic heterocycles. The van der Waals surface area contributed by atoms with E-state index in [1.165, 1.54) is 0 Å². The summed E-state index contributed by atoms with van der Waals surface area (Å²) in [6.45, 7) is 5.07. The standard InChI is InChI=1S/C12H16N4O/c1-3-6-16-10(8-15-12(16)13)9-4-5-11(17-2)14-7-9/h3-5,7,10H,1,6,8H2,2H3,(H2,13,15). The Morgan fingerprint density at radius 3 is 3.06 bits per heavy atom. The molecule has 0 saturated heterocycles. The van der Waals surface area contributed by atoms with Gasteiger partial charge in [-0.1, -0.05) is 6.08 Å². The van der Waals surface area contributed by atoms with E-state index in [9.17, 15) is 0 Å². The summed E-state index contributed by atoms with van der Waals surface area (Å²) in [6.07, 6.45) is 3.62. The summed E-state index contributed by atoms with van der Waals surface area (Å²) >= 11 is 0. The van der Waals surface area contributed by atoms with Gasteiger partial charge < -0.3 is 15.4 Å². The zero-order chi connectivity index (χ0) is 12.3. The Labute approximate surface area is 101 Å². The van der Waals surface area contributed by atoms with E-state index in [0.29, 0.717) is 24.9 Å². The first-order valence-corrected chi connectivity index (χ1v) is 5.43. The number of rotatable bonds is 4. The molecule has 0 amide bonds. The fourth-order valence-corrected chi connectivity index (χ4v) is 1.88. The van der Waals surface area contributed by atoms with Crippen LogP contribution < -0.4 is 10.5 Å². The molecule has 0 saturated carbocycles. The molecule has 0 spiro atoms. The molecule has 1 atom stereocenters. The molecule has 0 radical (unpaired) electrons. The van der Waals surface area contributed by atoms with E-state index in [-0.39, 0.29) is 6.04 Å². The molecule has 2 N–H and O–H groups in total.